The summed E-state index contributed by atoms with van der Waals surface area (Å²) in [5.74, 6) is 0.0816. The Morgan fingerprint density at radius 1 is 1.35 bits per heavy atom. The summed E-state index contributed by atoms with van der Waals surface area (Å²) in [6.45, 7) is -0.554. The number of hydrogen-bond acceptors (Lipinski definition) is 3. The first-order valence-corrected chi connectivity index (χ1v) is 8.28. The van der Waals surface area contributed by atoms with Crippen LogP contribution in [0.4, 0.5) is 8.78 Å². The Bertz CT molecular complexity index is 741. The molecule has 1 fully saturated rings. The van der Waals surface area contributed by atoms with Crippen molar-refractivity contribution in [2.75, 3.05) is 6.54 Å². The van der Waals surface area contributed by atoms with Gasteiger partial charge in [-0.2, -0.15) is 8.78 Å². The second-order valence-electron chi connectivity index (χ2n) is 6.37. The van der Waals surface area contributed by atoms with E-state index in [1.165, 1.54) is 0 Å². The molecule has 0 aliphatic heterocycles. The number of amides is 1. The van der Waals surface area contributed by atoms with Crippen molar-refractivity contribution in [2.24, 2.45) is 17.6 Å². The summed E-state index contributed by atoms with van der Waals surface area (Å²) in [6.07, 6.45) is 2.72. The van der Waals surface area contributed by atoms with Crippen LogP contribution in [-0.4, -0.2) is 22.0 Å². The van der Waals surface area contributed by atoms with E-state index >= 15 is 0 Å². The molecular weight excluding hydrogens is 385 g/mol. The third kappa shape index (κ3) is 4.27. The van der Waals surface area contributed by atoms with Crippen molar-refractivity contribution in [1.82, 2.24) is 14.9 Å². The highest BCUT2D eigenvalue weighted by atomic mass is 35.5. The number of hydrogen-bond donors (Lipinski definition) is 2. The molecule has 1 aromatic heterocycles. The Morgan fingerprint density at radius 3 is 2.69 bits per heavy atom. The lowest BCUT2D eigenvalue weighted by atomic mass is 9.95. The van der Waals surface area contributed by atoms with Crippen molar-refractivity contribution in [3.8, 4) is 0 Å². The minimum atomic E-state index is -2.71. The van der Waals surface area contributed by atoms with Gasteiger partial charge in [0, 0.05) is 5.92 Å². The van der Waals surface area contributed by atoms with E-state index in [0.29, 0.717) is 17.6 Å². The number of rotatable bonds is 5. The van der Waals surface area contributed by atoms with Crippen LogP contribution in [0, 0.1) is 11.8 Å². The average molecular weight is 409 g/mol. The quantitative estimate of drug-likeness (QED) is 0.789. The Labute approximate surface area is 163 Å². The van der Waals surface area contributed by atoms with Crippen LogP contribution in [0.5, 0.6) is 0 Å². The van der Waals surface area contributed by atoms with Gasteiger partial charge in [0.15, 0.2) is 0 Å². The van der Waals surface area contributed by atoms with Crippen LogP contribution in [0.2, 0.25) is 0 Å². The number of carbonyl (C=O) groups excluding carboxylic acids is 1. The molecule has 3 atom stereocenters. The molecule has 146 valence electrons. The lowest BCUT2D eigenvalue weighted by Crippen LogP contribution is -2.37. The van der Waals surface area contributed by atoms with Gasteiger partial charge in [0.1, 0.15) is 5.82 Å². The molecule has 1 aromatic carbocycles. The van der Waals surface area contributed by atoms with Crippen LogP contribution in [0.3, 0.4) is 0 Å². The molecule has 9 heteroatoms. The summed E-state index contributed by atoms with van der Waals surface area (Å²) in [6, 6.07) is 6.14. The Kier molecular flexibility index (Phi) is 8.24. The fraction of sp³-hybridized carbons (Fsp3) is 0.529. The number of halogens is 4. The van der Waals surface area contributed by atoms with Crippen LogP contribution in [0.15, 0.2) is 24.3 Å². The van der Waals surface area contributed by atoms with E-state index in [4.69, 9.17) is 5.73 Å². The molecule has 0 bridgehead atoms. The Hall–Kier alpha value is -1.44. The van der Waals surface area contributed by atoms with Crippen LogP contribution >= 0.6 is 24.8 Å². The maximum absolute atomic E-state index is 13.5. The molecule has 2 aromatic rings. The van der Waals surface area contributed by atoms with Crippen molar-refractivity contribution in [3.05, 3.63) is 30.1 Å². The van der Waals surface area contributed by atoms with Crippen LogP contribution in [0.1, 0.15) is 44.6 Å². The number of benzene rings is 1. The number of imidazole rings is 1. The highest BCUT2D eigenvalue weighted by Crippen LogP contribution is 2.32. The molecule has 0 radical (unpaired) electrons. The standard InChI is InChI=1S/C17H22F2N4O.2ClH/c1-10(21-16(24)12-6-4-5-11(12)9-20)15-22-13-7-2-3-8-14(13)23(15)17(18)19;;/h2-3,7-8,10-12,17H,4-6,9,20H2,1H3,(H,21,24);2*1H/t10?,11-,12-;;/m1../s1. The molecule has 0 saturated heterocycles. The van der Waals surface area contributed by atoms with Crippen molar-refractivity contribution >= 4 is 41.8 Å². The van der Waals surface area contributed by atoms with E-state index in [-0.39, 0.29) is 48.4 Å². The van der Waals surface area contributed by atoms with Crippen molar-refractivity contribution in [3.63, 3.8) is 0 Å². The topological polar surface area (TPSA) is 72.9 Å². The highest BCUT2D eigenvalue weighted by Gasteiger charge is 2.33. The highest BCUT2D eigenvalue weighted by molar-refractivity contribution is 5.85. The number of carbonyl (C=O) groups is 1. The Balaban J connectivity index is 0.00000169. The average Bonchev–Trinajstić information content (AvgIpc) is 3.18. The molecule has 0 spiro atoms. The van der Waals surface area contributed by atoms with Crippen molar-refractivity contribution < 1.29 is 13.6 Å². The van der Waals surface area contributed by atoms with Gasteiger partial charge < -0.3 is 11.1 Å². The first-order chi connectivity index (χ1) is 11.5. The van der Waals surface area contributed by atoms with Crippen LogP contribution in [0.25, 0.3) is 11.0 Å². The van der Waals surface area contributed by atoms with E-state index < -0.39 is 12.6 Å². The SMILES string of the molecule is CC(NC(=O)[C@@H]1CCC[C@@H]1CN)c1nc2ccccc2n1C(F)F.Cl.Cl. The van der Waals surface area contributed by atoms with Gasteiger partial charge in [-0.05, 0) is 44.4 Å². The zero-order valence-corrected chi connectivity index (χ0v) is 16.0. The number of alkyl halides is 2. The molecular formula is C17H24Cl2F2N4O. The molecule has 5 nitrogen and oxygen atoms in total. The predicted molar refractivity (Wildman–Crippen MR) is 102 cm³/mol. The molecule has 1 amide bonds. The second-order valence-corrected chi connectivity index (χ2v) is 6.37. The summed E-state index contributed by atoms with van der Waals surface area (Å²) in [4.78, 5) is 16.8. The summed E-state index contributed by atoms with van der Waals surface area (Å²) >= 11 is 0. The number of aromatic nitrogens is 2. The van der Waals surface area contributed by atoms with Gasteiger partial charge in [-0.3, -0.25) is 9.36 Å². The monoisotopic (exact) mass is 408 g/mol. The lowest BCUT2D eigenvalue weighted by Gasteiger charge is -2.21. The van der Waals surface area contributed by atoms with Gasteiger partial charge >= 0.3 is 6.55 Å². The molecule has 1 aliphatic rings. The van der Waals surface area contributed by atoms with Gasteiger partial charge in [-0.15, -0.1) is 24.8 Å². The normalized spacial score (nSPS) is 20.5. The van der Waals surface area contributed by atoms with Crippen molar-refractivity contribution in [1.29, 1.82) is 0 Å². The lowest BCUT2D eigenvalue weighted by molar-refractivity contribution is -0.126. The minimum Gasteiger partial charge on any atom is -0.346 e. The van der Waals surface area contributed by atoms with E-state index in [9.17, 15) is 13.6 Å². The number of nitrogens with one attached hydrogen (secondary N) is 1. The summed E-state index contributed by atoms with van der Waals surface area (Å²) in [5.41, 5.74) is 6.58. The molecule has 1 aliphatic carbocycles. The maximum Gasteiger partial charge on any atom is 0.320 e. The van der Waals surface area contributed by atoms with E-state index in [2.05, 4.69) is 10.3 Å². The minimum absolute atomic E-state index is 0. The third-order valence-corrected chi connectivity index (χ3v) is 4.86. The van der Waals surface area contributed by atoms with Gasteiger partial charge in [0.2, 0.25) is 5.91 Å². The molecule has 3 N–H and O–H groups in total. The molecule has 1 saturated carbocycles. The van der Waals surface area contributed by atoms with Gasteiger partial charge in [0.25, 0.3) is 0 Å². The summed E-state index contributed by atoms with van der Waals surface area (Å²) in [7, 11) is 0. The predicted octanol–water partition coefficient (Wildman–Crippen LogP) is 3.83. The first kappa shape index (κ1) is 22.6. The Morgan fingerprint density at radius 2 is 2.04 bits per heavy atom. The molecule has 1 unspecified atom stereocenters. The van der Waals surface area contributed by atoms with Gasteiger partial charge in [0.05, 0.1) is 17.1 Å². The number of nitrogens with zero attached hydrogens (tertiary/aromatic N) is 2. The number of para-hydroxylation sites is 2. The third-order valence-electron chi connectivity index (χ3n) is 4.86. The van der Waals surface area contributed by atoms with Crippen molar-refractivity contribution in [2.45, 2.75) is 38.8 Å². The van der Waals surface area contributed by atoms with Crippen LogP contribution in [-0.2, 0) is 4.79 Å². The van der Waals surface area contributed by atoms with E-state index in [0.717, 1.165) is 23.8 Å². The second kappa shape index (κ2) is 9.48. The maximum atomic E-state index is 13.5. The van der Waals surface area contributed by atoms with E-state index in [1.807, 2.05) is 0 Å². The van der Waals surface area contributed by atoms with Gasteiger partial charge in [-0.25, -0.2) is 4.98 Å². The molecule has 26 heavy (non-hydrogen) atoms. The summed E-state index contributed by atoms with van der Waals surface area (Å²) < 4.78 is 27.9. The first-order valence-electron chi connectivity index (χ1n) is 8.28. The van der Waals surface area contributed by atoms with E-state index in [1.54, 1.807) is 31.2 Å². The number of fused-ring (bicyclic) bond motifs is 1. The fourth-order valence-corrected chi connectivity index (χ4v) is 3.62. The largest absolute Gasteiger partial charge is 0.346 e. The zero-order valence-electron chi connectivity index (χ0n) is 14.4. The summed E-state index contributed by atoms with van der Waals surface area (Å²) in [5, 5.41) is 2.85. The molecule has 1 heterocycles. The zero-order chi connectivity index (χ0) is 17.3. The fourth-order valence-electron chi connectivity index (χ4n) is 3.62. The molecule has 3 rings (SSSR count). The van der Waals surface area contributed by atoms with Crippen LogP contribution < -0.4 is 11.1 Å². The number of nitrogens with two attached hydrogens (primary N) is 1. The van der Waals surface area contributed by atoms with Gasteiger partial charge in [-0.1, -0.05) is 18.6 Å². The smallest absolute Gasteiger partial charge is 0.320 e.